The standard InChI is InChI=1S/C19H27N3O/c1-21(15-17-9-4-3-5-10-17)13-7-6-12-20-19(23)18-11-8-14-22(2)16-18/h3-5,9-10,18H,8,11-16H2,1-2H3,(H,20,23)/t18-/m1/s1. The summed E-state index contributed by atoms with van der Waals surface area (Å²) < 4.78 is 0. The molecule has 0 saturated carbocycles. The zero-order valence-corrected chi connectivity index (χ0v) is 14.2. The fourth-order valence-corrected chi connectivity index (χ4v) is 2.86. The van der Waals surface area contributed by atoms with Crippen LogP contribution in [0.4, 0.5) is 0 Å². The summed E-state index contributed by atoms with van der Waals surface area (Å²) in [7, 11) is 4.12. The van der Waals surface area contributed by atoms with Gasteiger partial charge in [-0.1, -0.05) is 42.2 Å². The van der Waals surface area contributed by atoms with Gasteiger partial charge in [0, 0.05) is 13.1 Å². The number of amides is 1. The van der Waals surface area contributed by atoms with E-state index in [0.29, 0.717) is 13.1 Å². The predicted molar refractivity (Wildman–Crippen MR) is 93.8 cm³/mol. The smallest absolute Gasteiger partial charge is 0.225 e. The molecule has 124 valence electrons. The second kappa shape index (κ2) is 9.34. The molecule has 0 spiro atoms. The molecular weight excluding hydrogens is 286 g/mol. The Morgan fingerprint density at radius 1 is 1.35 bits per heavy atom. The van der Waals surface area contributed by atoms with Crippen LogP contribution in [0, 0.1) is 17.8 Å². The van der Waals surface area contributed by atoms with Crippen molar-refractivity contribution >= 4 is 5.91 Å². The zero-order valence-electron chi connectivity index (χ0n) is 14.2. The van der Waals surface area contributed by atoms with Crippen molar-refractivity contribution in [2.45, 2.75) is 19.4 Å². The Morgan fingerprint density at radius 2 is 2.13 bits per heavy atom. The van der Waals surface area contributed by atoms with Gasteiger partial charge in [-0.05, 0) is 39.0 Å². The molecule has 1 atom stereocenters. The van der Waals surface area contributed by atoms with E-state index in [1.807, 2.05) is 18.2 Å². The molecule has 0 aromatic heterocycles. The first-order valence-electron chi connectivity index (χ1n) is 8.29. The van der Waals surface area contributed by atoms with Crippen LogP contribution in [0.25, 0.3) is 0 Å². The summed E-state index contributed by atoms with van der Waals surface area (Å²) in [6, 6.07) is 10.4. The molecule has 4 nitrogen and oxygen atoms in total. The topological polar surface area (TPSA) is 35.6 Å². The van der Waals surface area contributed by atoms with Crippen LogP contribution < -0.4 is 5.32 Å². The second-order valence-electron chi connectivity index (χ2n) is 6.33. The Labute approximate surface area is 139 Å². The van der Waals surface area contributed by atoms with Gasteiger partial charge in [0.15, 0.2) is 0 Å². The zero-order chi connectivity index (χ0) is 16.5. The fraction of sp³-hybridized carbons (Fsp3) is 0.526. The van der Waals surface area contributed by atoms with Gasteiger partial charge >= 0.3 is 0 Å². The molecule has 0 aliphatic carbocycles. The quantitative estimate of drug-likeness (QED) is 0.839. The molecule has 1 heterocycles. The van der Waals surface area contributed by atoms with Gasteiger partial charge in [0.05, 0.1) is 19.0 Å². The van der Waals surface area contributed by atoms with Crippen LogP contribution >= 0.6 is 0 Å². The highest BCUT2D eigenvalue weighted by Crippen LogP contribution is 2.14. The third-order valence-electron chi connectivity index (χ3n) is 4.12. The summed E-state index contributed by atoms with van der Waals surface area (Å²) in [5.74, 6) is 6.43. The van der Waals surface area contributed by atoms with E-state index in [1.165, 1.54) is 5.56 Å². The Balaban J connectivity index is 1.64. The normalized spacial score (nSPS) is 18.3. The highest BCUT2D eigenvalue weighted by atomic mass is 16.1. The molecule has 1 aliphatic heterocycles. The minimum absolute atomic E-state index is 0.122. The van der Waals surface area contributed by atoms with E-state index < -0.39 is 0 Å². The number of carbonyl (C=O) groups is 1. The molecule has 1 aromatic rings. The van der Waals surface area contributed by atoms with Crippen LogP contribution in [0.2, 0.25) is 0 Å². The van der Waals surface area contributed by atoms with Crippen molar-refractivity contribution in [1.82, 2.24) is 15.1 Å². The van der Waals surface area contributed by atoms with Gasteiger partial charge in [-0.15, -0.1) is 0 Å². The molecule has 1 fully saturated rings. The monoisotopic (exact) mass is 313 g/mol. The van der Waals surface area contributed by atoms with Crippen molar-refractivity contribution in [1.29, 1.82) is 0 Å². The summed E-state index contributed by atoms with van der Waals surface area (Å²) in [6.07, 6.45) is 2.09. The number of piperidine rings is 1. The minimum atomic E-state index is 0.122. The van der Waals surface area contributed by atoms with Crippen molar-refractivity contribution in [2.24, 2.45) is 5.92 Å². The molecule has 1 aromatic carbocycles. The average molecular weight is 313 g/mol. The van der Waals surface area contributed by atoms with Crippen LogP contribution in [-0.4, -0.2) is 56.0 Å². The third-order valence-corrected chi connectivity index (χ3v) is 4.12. The highest BCUT2D eigenvalue weighted by Gasteiger charge is 2.23. The van der Waals surface area contributed by atoms with Gasteiger partial charge < -0.3 is 10.2 Å². The van der Waals surface area contributed by atoms with E-state index in [-0.39, 0.29) is 11.8 Å². The second-order valence-corrected chi connectivity index (χ2v) is 6.33. The maximum Gasteiger partial charge on any atom is 0.225 e. The lowest BCUT2D eigenvalue weighted by atomic mass is 9.98. The van der Waals surface area contributed by atoms with E-state index in [9.17, 15) is 4.79 Å². The van der Waals surface area contributed by atoms with Crippen LogP contribution in [0.15, 0.2) is 30.3 Å². The Morgan fingerprint density at radius 3 is 2.87 bits per heavy atom. The molecule has 0 unspecified atom stereocenters. The van der Waals surface area contributed by atoms with Crippen molar-refractivity contribution in [3.8, 4) is 11.8 Å². The van der Waals surface area contributed by atoms with Crippen LogP contribution in [0.1, 0.15) is 18.4 Å². The number of nitrogens with zero attached hydrogens (tertiary/aromatic N) is 2. The number of nitrogens with one attached hydrogen (secondary N) is 1. The van der Waals surface area contributed by atoms with E-state index in [0.717, 1.165) is 32.5 Å². The first-order chi connectivity index (χ1) is 11.1. The SMILES string of the molecule is CN(CC#CCNC(=O)[C@@H]1CCCN(C)C1)Cc1ccccc1. The minimum Gasteiger partial charge on any atom is -0.345 e. The van der Waals surface area contributed by atoms with Crippen LogP contribution in [0.3, 0.4) is 0 Å². The van der Waals surface area contributed by atoms with Crippen molar-refractivity contribution in [3.05, 3.63) is 35.9 Å². The molecule has 0 bridgehead atoms. The summed E-state index contributed by atoms with van der Waals surface area (Å²) in [5, 5.41) is 2.94. The molecule has 1 saturated heterocycles. The van der Waals surface area contributed by atoms with Gasteiger partial charge in [-0.25, -0.2) is 0 Å². The lowest BCUT2D eigenvalue weighted by Crippen LogP contribution is -2.41. The predicted octanol–water partition coefficient (Wildman–Crippen LogP) is 1.58. The molecule has 0 radical (unpaired) electrons. The third kappa shape index (κ3) is 6.43. The van der Waals surface area contributed by atoms with Crippen LogP contribution in [-0.2, 0) is 11.3 Å². The number of rotatable bonds is 5. The summed E-state index contributed by atoms with van der Waals surface area (Å²) in [4.78, 5) is 16.5. The Kier molecular flexibility index (Phi) is 7.12. The number of likely N-dealkylation sites (tertiary alicyclic amines) is 1. The number of benzene rings is 1. The van der Waals surface area contributed by atoms with Gasteiger partial charge in [0.2, 0.25) is 5.91 Å². The average Bonchev–Trinajstić information content (AvgIpc) is 2.55. The lowest BCUT2D eigenvalue weighted by Gasteiger charge is -2.28. The Hall–Kier alpha value is -1.83. The van der Waals surface area contributed by atoms with Gasteiger partial charge in [-0.3, -0.25) is 9.69 Å². The molecule has 2 rings (SSSR count). The maximum atomic E-state index is 12.1. The highest BCUT2D eigenvalue weighted by molar-refractivity contribution is 5.79. The van der Waals surface area contributed by atoms with Gasteiger partial charge in [0.1, 0.15) is 0 Å². The lowest BCUT2D eigenvalue weighted by molar-refractivity contribution is -0.126. The number of carbonyl (C=O) groups excluding carboxylic acids is 1. The molecule has 4 heteroatoms. The molecular formula is C19H27N3O. The number of hydrogen-bond acceptors (Lipinski definition) is 3. The fourth-order valence-electron chi connectivity index (χ4n) is 2.86. The van der Waals surface area contributed by atoms with Gasteiger partial charge in [-0.2, -0.15) is 0 Å². The van der Waals surface area contributed by atoms with E-state index in [2.05, 4.69) is 53.2 Å². The van der Waals surface area contributed by atoms with Crippen molar-refractivity contribution < 1.29 is 4.79 Å². The van der Waals surface area contributed by atoms with Crippen LogP contribution in [0.5, 0.6) is 0 Å². The maximum absolute atomic E-state index is 12.1. The van der Waals surface area contributed by atoms with E-state index >= 15 is 0 Å². The Bertz CT molecular complexity index is 547. The summed E-state index contributed by atoms with van der Waals surface area (Å²) >= 11 is 0. The van der Waals surface area contributed by atoms with E-state index in [1.54, 1.807) is 0 Å². The first kappa shape index (κ1) is 17.5. The molecule has 1 aliphatic rings. The van der Waals surface area contributed by atoms with Crippen molar-refractivity contribution in [3.63, 3.8) is 0 Å². The molecule has 1 amide bonds. The molecule has 23 heavy (non-hydrogen) atoms. The van der Waals surface area contributed by atoms with E-state index in [4.69, 9.17) is 0 Å². The van der Waals surface area contributed by atoms with Gasteiger partial charge in [0.25, 0.3) is 0 Å². The summed E-state index contributed by atoms with van der Waals surface area (Å²) in [6.45, 7) is 3.99. The van der Waals surface area contributed by atoms with Crippen molar-refractivity contribution in [2.75, 3.05) is 40.3 Å². The molecule has 1 N–H and O–H groups in total. The first-order valence-corrected chi connectivity index (χ1v) is 8.29. The largest absolute Gasteiger partial charge is 0.345 e. The number of hydrogen-bond donors (Lipinski definition) is 1. The summed E-state index contributed by atoms with van der Waals surface area (Å²) in [5.41, 5.74) is 1.28.